The van der Waals surface area contributed by atoms with Gasteiger partial charge in [-0.15, -0.1) is 0 Å². The Labute approximate surface area is 218 Å². The number of aryl methyl sites for hydroxylation is 2. The molecule has 3 heterocycles. The van der Waals surface area contributed by atoms with Gasteiger partial charge in [0.05, 0.1) is 24.9 Å². The first-order valence-electron chi connectivity index (χ1n) is 12.4. The number of hydrogen-bond donors (Lipinski definition) is 0. The molecule has 1 unspecified atom stereocenters. The summed E-state index contributed by atoms with van der Waals surface area (Å²) >= 11 is 0. The second-order valence-electron chi connectivity index (χ2n) is 9.47. The molecule has 9 heteroatoms. The van der Waals surface area contributed by atoms with Gasteiger partial charge in [-0.25, -0.2) is 18.4 Å². The van der Waals surface area contributed by atoms with Crippen LogP contribution in [-0.2, 0) is 37.1 Å². The van der Waals surface area contributed by atoms with Gasteiger partial charge < -0.3 is 14.0 Å². The number of allylic oxidation sites excluding steroid dienone is 1. The number of anilines is 1. The first-order chi connectivity index (χ1) is 17.9. The summed E-state index contributed by atoms with van der Waals surface area (Å²) in [6.07, 6.45) is 11.1. The average Bonchev–Trinajstić information content (AvgIpc) is 3.52. The van der Waals surface area contributed by atoms with Gasteiger partial charge in [0.2, 0.25) is 0 Å². The van der Waals surface area contributed by atoms with Gasteiger partial charge in [-0.1, -0.05) is 48.6 Å². The van der Waals surface area contributed by atoms with Crippen molar-refractivity contribution in [1.82, 2.24) is 23.4 Å². The minimum atomic E-state index is -3.80. The molecule has 0 N–H and O–H groups in total. The highest BCUT2D eigenvalue weighted by molar-refractivity contribution is 7.89. The standard InChI is InChI=1S/C28H32N6O2S/c1-4-5-13-34(37(35,36)28-19-31(2)21-30-28)25-15-24-14-23(22-9-7-6-8-10-22)11-12-27(24)33(17-25)18-26-16-29-20-32(26)3/h4-12,14,16,19-21,25H,13,15,17-18H2,1-3H3/b5-4+. The number of nitrogens with zero attached hydrogens (tertiary/aromatic N) is 6. The summed E-state index contributed by atoms with van der Waals surface area (Å²) in [7, 11) is -0.0477. The van der Waals surface area contributed by atoms with E-state index in [0.29, 0.717) is 19.5 Å². The van der Waals surface area contributed by atoms with E-state index < -0.39 is 10.0 Å². The molecule has 0 amide bonds. The maximum absolute atomic E-state index is 13.8. The quantitative estimate of drug-likeness (QED) is 0.331. The Balaban J connectivity index is 1.57. The molecule has 1 atom stereocenters. The maximum atomic E-state index is 13.8. The topological polar surface area (TPSA) is 76.3 Å². The van der Waals surface area contributed by atoms with Gasteiger partial charge in [-0.3, -0.25) is 0 Å². The number of imidazole rings is 2. The SMILES string of the molecule is C/C=C/CN(C1Cc2cc(-c3ccccc3)ccc2N(Cc2cncn2C)C1)S(=O)(=O)c1cn(C)cn1. The van der Waals surface area contributed by atoms with Crippen molar-refractivity contribution in [3.8, 4) is 11.1 Å². The van der Waals surface area contributed by atoms with Crippen LogP contribution in [0.2, 0.25) is 0 Å². The fourth-order valence-corrected chi connectivity index (χ4v) is 6.44. The Kier molecular flexibility index (Phi) is 6.99. The molecule has 37 heavy (non-hydrogen) atoms. The van der Waals surface area contributed by atoms with Crippen LogP contribution in [0.1, 0.15) is 18.2 Å². The molecule has 0 bridgehead atoms. The summed E-state index contributed by atoms with van der Waals surface area (Å²) < 4.78 is 32.9. The summed E-state index contributed by atoms with van der Waals surface area (Å²) in [5.41, 5.74) is 5.57. The van der Waals surface area contributed by atoms with Gasteiger partial charge in [0, 0.05) is 51.3 Å². The first kappa shape index (κ1) is 25.0. The molecule has 1 aliphatic heterocycles. The molecule has 8 nitrogen and oxygen atoms in total. The van der Waals surface area contributed by atoms with E-state index in [1.165, 1.54) is 6.33 Å². The normalized spacial score (nSPS) is 16.0. The van der Waals surface area contributed by atoms with E-state index in [-0.39, 0.29) is 17.6 Å². The van der Waals surface area contributed by atoms with Crippen LogP contribution in [0.5, 0.6) is 0 Å². The van der Waals surface area contributed by atoms with Crippen molar-refractivity contribution in [2.45, 2.75) is 31.0 Å². The Morgan fingerprint density at radius 2 is 1.89 bits per heavy atom. The smallest absolute Gasteiger partial charge is 0.262 e. The predicted octanol–water partition coefficient (Wildman–Crippen LogP) is 4.02. The van der Waals surface area contributed by atoms with Crippen molar-refractivity contribution in [2.24, 2.45) is 14.1 Å². The first-order valence-corrected chi connectivity index (χ1v) is 13.8. The van der Waals surface area contributed by atoms with Crippen LogP contribution < -0.4 is 4.90 Å². The van der Waals surface area contributed by atoms with Crippen molar-refractivity contribution in [3.05, 3.63) is 97.0 Å². The lowest BCUT2D eigenvalue weighted by molar-refractivity contribution is 0.330. The summed E-state index contributed by atoms with van der Waals surface area (Å²) in [6.45, 7) is 3.38. The van der Waals surface area contributed by atoms with Gasteiger partial charge in [-0.05, 0) is 42.2 Å². The third-order valence-electron chi connectivity index (χ3n) is 6.87. The number of aromatic nitrogens is 4. The zero-order chi connectivity index (χ0) is 26.0. The highest BCUT2D eigenvalue weighted by atomic mass is 32.2. The fraction of sp³-hybridized carbons (Fsp3) is 0.286. The molecule has 2 aromatic carbocycles. The van der Waals surface area contributed by atoms with Crippen LogP contribution in [0.15, 0.2) is 90.8 Å². The zero-order valence-corrected chi connectivity index (χ0v) is 22.2. The minimum Gasteiger partial charge on any atom is -0.364 e. The van der Waals surface area contributed by atoms with Crippen LogP contribution in [-0.4, -0.2) is 51.0 Å². The van der Waals surface area contributed by atoms with Crippen molar-refractivity contribution >= 4 is 15.7 Å². The van der Waals surface area contributed by atoms with Gasteiger partial charge in [0.1, 0.15) is 0 Å². The Bertz CT molecular complexity index is 1510. The molecule has 4 aromatic rings. The van der Waals surface area contributed by atoms with Gasteiger partial charge in [0.15, 0.2) is 5.03 Å². The lowest BCUT2D eigenvalue weighted by Gasteiger charge is -2.40. The number of fused-ring (bicyclic) bond motifs is 1. The zero-order valence-electron chi connectivity index (χ0n) is 21.4. The van der Waals surface area contributed by atoms with E-state index >= 15 is 0 Å². The van der Waals surface area contributed by atoms with E-state index in [2.05, 4.69) is 45.2 Å². The molecule has 5 rings (SSSR count). The maximum Gasteiger partial charge on any atom is 0.262 e. The van der Waals surface area contributed by atoms with E-state index in [4.69, 9.17) is 0 Å². The number of sulfonamides is 1. The molecule has 1 aliphatic rings. The highest BCUT2D eigenvalue weighted by Crippen LogP contribution is 2.35. The van der Waals surface area contributed by atoms with Crippen LogP contribution in [0.3, 0.4) is 0 Å². The van der Waals surface area contributed by atoms with Crippen molar-refractivity contribution in [3.63, 3.8) is 0 Å². The summed E-state index contributed by atoms with van der Waals surface area (Å²) in [4.78, 5) is 10.7. The second kappa shape index (κ2) is 10.4. The molecular weight excluding hydrogens is 484 g/mol. The summed E-state index contributed by atoms with van der Waals surface area (Å²) in [5.74, 6) is 0. The van der Waals surface area contributed by atoms with E-state index in [1.807, 2.05) is 55.1 Å². The lowest BCUT2D eigenvalue weighted by Crippen LogP contribution is -2.50. The van der Waals surface area contributed by atoms with Crippen LogP contribution in [0.25, 0.3) is 11.1 Å². The Hall–Kier alpha value is -3.69. The second-order valence-corrected chi connectivity index (χ2v) is 11.3. The molecule has 0 radical (unpaired) electrons. The third kappa shape index (κ3) is 5.10. The highest BCUT2D eigenvalue weighted by Gasteiger charge is 2.37. The summed E-state index contributed by atoms with van der Waals surface area (Å²) in [5, 5.41) is 0.0709. The Morgan fingerprint density at radius 1 is 1.08 bits per heavy atom. The van der Waals surface area contributed by atoms with Crippen LogP contribution >= 0.6 is 0 Å². The Morgan fingerprint density at radius 3 is 2.57 bits per heavy atom. The monoisotopic (exact) mass is 516 g/mol. The number of benzene rings is 2. The van der Waals surface area contributed by atoms with Crippen LogP contribution in [0.4, 0.5) is 5.69 Å². The third-order valence-corrected chi connectivity index (χ3v) is 8.67. The van der Waals surface area contributed by atoms with Crippen molar-refractivity contribution in [1.29, 1.82) is 0 Å². The van der Waals surface area contributed by atoms with Gasteiger partial charge in [-0.2, -0.15) is 4.31 Å². The largest absolute Gasteiger partial charge is 0.364 e. The van der Waals surface area contributed by atoms with Crippen molar-refractivity contribution in [2.75, 3.05) is 18.0 Å². The molecule has 2 aromatic heterocycles. The molecule has 192 valence electrons. The number of rotatable bonds is 8. The predicted molar refractivity (Wildman–Crippen MR) is 146 cm³/mol. The van der Waals surface area contributed by atoms with E-state index in [0.717, 1.165) is 28.1 Å². The molecule has 0 aliphatic carbocycles. The molecule has 0 fully saturated rings. The fourth-order valence-electron chi connectivity index (χ4n) is 4.91. The molecular formula is C28H32N6O2S. The average molecular weight is 517 g/mol. The van der Waals surface area contributed by atoms with Gasteiger partial charge >= 0.3 is 0 Å². The lowest BCUT2D eigenvalue weighted by atomic mass is 9.93. The van der Waals surface area contributed by atoms with E-state index in [1.54, 1.807) is 28.4 Å². The van der Waals surface area contributed by atoms with Gasteiger partial charge in [0.25, 0.3) is 10.0 Å². The number of hydrogen-bond acceptors (Lipinski definition) is 5. The molecule has 0 saturated heterocycles. The summed E-state index contributed by atoms with van der Waals surface area (Å²) in [6, 6.07) is 16.5. The molecule has 0 saturated carbocycles. The minimum absolute atomic E-state index is 0.0709. The van der Waals surface area contributed by atoms with Crippen LogP contribution in [0, 0.1) is 0 Å². The van der Waals surface area contributed by atoms with Crippen molar-refractivity contribution < 1.29 is 8.42 Å². The van der Waals surface area contributed by atoms with E-state index in [9.17, 15) is 8.42 Å². The molecule has 0 spiro atoms.